The van der Waals surface area contributed by atoms with Crippen LogP contribution in [0.2, 0.25) is 0 Å². The number of hydrogen-bond acceptors (Lipinski definition) is 2. The molecule has 4 heteroatoms. The van der Waals surface area contributed by atoms with Crippen LogP contribution in [0.15, 0.2) is 12.2 Å². The number of carboxylic acid groups (broad SMARTS) is 2. The van der Waals surface area contributed by atoms with Crippen LogP contribution in [-0.4, -0.2) is 22.2 Å². The van der Waals surface area contributed by atoms with Gasteiger partial charge in [-0.3, -0.25) is 9.59 Å². The average molecular weight is 256 g/mol. The molecule has 2 N–H and O–H groups in total. The molecule has 0 radical (unpaired) electrons. The van der Waals surface area contributed by atoms with Gasteiger partial charge in [0.25, 0.3) is 0 Å². The van der Waals surface area contributed by atoms with E-state index in [4.69, 9.17) is 10.2 Å². The summed E-state index contributed by atoms with van der Waals surface area (Å²) in [5.74, 6) is -2.24. The van der Waals surface area contributed by atoms with Gasteiger partial charge in [-0.05, 0) is 24.7 Å². The predicted octanol–water partition coefficient (Wildman–Crippen LogP) is 3.04. The molecule has 1 unspecified atom stereocenters. The molecule has 0 aliphatic heterocycles. The standard InChI is InChI=1S/C14H24O4/c1-9(2)11(13(15)16)7-5-6-8-12(10(3)4)14(17)18/h5-6,9-12H,7-8H2,1-4H3,(H,15,16)(H,17,18)/t11-,12?/m1/s1. The fraction of sp³-hybridized carbons (Fsp3) is 0.714. The van der Waals surface area contributed by atoms with Crippen LogP contribution in [0.1, 0.15) is 40.5 Å². The minimum atomic E-state index is -0.798. The largest absolute Gasteiger partial charge is 0.481 e. The molecule has 0 aliphatic rings. The van der Waals surface area contributed by atoms with Gasteiger partial charge < -0.3 is 10.2 Å². The SMILES string of the molecule is CC(C)C(CC=CC[C@@H](C(=O)O)C(C)C)C(=O)O. The van der Waals surface area contributed by atoms with Crippen molar-refractivity contribution in [3.8, 4) is 0 Å². The predicted molar refractivity (Wildman–Crippen MR) is 70.3 cm³/mol. The second-order valence-corrected chi connectivity index (χ2v) is 5.32. The molecule has 0 rings (SSSR count). The molecule has 0 heterocycles. The highest BCUT2D eigenvalue weighted by atomic mass is 16.4. The average Bonchev–Trinajstić information content (AvgIpc) is 2.20. The maximum atomic E-state index is 11.0. The van der Waals surface area contributed by atoms with E-state index >= 15 is 0 Å². The first-order chi connectivity index (χ1) is 8.27. The minimum Gasteiger partial charge on any atom is -0.481 e. The quantitative estimate of drug-likeness (QED) is 0.654. The summed E-state index contributed by atoms with van der Waals surface area (Å²) in [6, 6.07) is 0. The summed E-state index contributed by atoms with van der Waals surface area (Å²) in [4.78, 5) is 21.9. The molecule has 0 aromatic heterocycles. The van der Waals surface area contributed by atoms with Crippen molar-refractivity contribution in [2.45, 2.75) is 40.5 Å². The molecule has 4 nitrogen and oxygen atoms in total. The molecule has 0 aromatic rings. The summed E-state index contributed by atoms with van der Waals surface area (Å²) in [6.45, 7) is 7.50. The smallest absolute Gasteiger partial charge is 0.307 e. The van der Waals surface area contributed by atoms with Gasteiger partial charge in [0, 0.05) is 0 Å². The summed E-state index contributed by atoms with van der Waals surface area (Å²) in [7, 11) is 0. The zero-order valence-corrected chi connectivity index (χ0v) is 11.6. The number of rotatable bonds is 8. The first-order valence-corrected chi connectivity index (χ1v) is 6.38. The minimum absolute atomic E-state index is 0.0764. The van der Waals surface area contributed by atoms with Crippen molar-refractivity contribution in [3.63, 3.8) is 0 Å². The van der Waals surface area contributed by atoms with Crippen molar-refractivity contribution >= 4 is 11.9 Å². The van der Waals surface area contributed by atoms with E-state index < -0.39 is 23.8 Å². The Morgan fingerprint density at radius 3 is 1.28 bits per heavy atom. The molecule has 104 valence electrons. The number of allylic oxidation sites excluding steroid dienone is 2. The van der Waals surface area contributed by atoms with Crippen LogP contribution in [0, 0.1) is 23.7 Å². The van der Waals surface area contributed by atoms with Crippen molar-refractivity contribution < 1.29 is 19.8 Å². The van der Waals surface area contributed by atoms with E-state index in [1.165, 1.54) is 0 Å². The second kappa shape index (κ2) is 7.90. The summed E-state index contributed by atoms with van der Waals surface area (Å²) in [6.07, 6.45) is 4.49. The highest BCUT2D eigenvalue weighted by molar-refractivity contribution is 5.71. The van der Waals surface area contributed by atoms with Crippen molar-refractivity contribution in [1.82, 2.24) is 0 Å². The van der Waals surface area contributed by atoms with Crippen LogP contribution in [0.25, 0.3) is 0 Å². The monoisotopic (exact) mass is 256 g/mol. The van der Waals surface area contributed by atoms with Gasteiger partial charge in [-0.2, -0.15) is 0 Å². The number of carboxylic acids is 2. The maximum absolute atomic E-state index is 11.0. The van der Waals surface area contributed by atoms with Crippen LogP contribution in [0.4, 0.5) is 0 Å². The Hall–Kier alpha value is -1.32. The zero-order valence-electron chi connectivity index (χ0n) is 11.6. The topological polar surface area (TPSA) is 74.6 Å². The van der Waals surface area contributed by atoms with E-state index in [1.54, 1.807) is 12.2 Å². The summed E-state index contributed by atoms with van der Waals surface area (Å²) in [5, 5.41) is 18.0. The molecular formula is C14H24O4. The Morgan fingerprint density at radius 1 is 0.833 bits per heavy atom. The summed E-state index contributed by atoms with van der Waals surface area (Å²) < 4.78 is 0. The van der Waals surface area contributed by atoms with Gasteiger partial charge in [-0.15, -0.1) is 0 Å². The first-order valence-electron chi connectivity index (χ1n) is 6.38. The first kappa shape index (κ1) is 16.7. The van der Waals surface area contributed by atoms with Crippen molar-refractivity contribution in [2.75, 3.05) is 0 Å². The lowest BCUT2D eigenvalue weighted by Gasteiger charge is -2.15. The van der Waals surface area contributed by atoms with E-state index in [0.29, 0.717) is 12.8 Å². The third-order valence-electron chi connectivity index (χ3n) is 3.19. The molecule has 0 aliphatic carbocycles. The fourth-order valence-corrected chi connectivity index (χ4v) is 1.80. The Morgan fingerprint density at radius 2 is 1.11 bits per heavy atom. The molecule has 0 bridgehead atoms. The van der Waals surface area contributed by atoms with Crippen LogP contribution in [-0.2, 0) is 9.59 Å². The molecule has 0 saturated carbocycles. The maximum Gasteiger partial charge on any atom is 0.307 e. The molecule has 0 amide bonds. The zero-order chi connectivity index (χ0) is 14.3. The number of hydrogen-bond donors (Lipinski definition) is 2. The Labute approximate surface area is 109 Å². The van der Waals surface area contributed by atoms with Gasteiger partial charge in [-0.1, -0.05) is 39.8 Å². The number of carbonyl (C=O) groups is 2. The van der Waals surface area contributed by atoms with Gasteiger partial charge in [0.1, 0.15) is 0 Å². The third-order valence-corrected chi connectivity index (χ3v) is 3.19. The highest BCUT2D eigenvalue weighted by Gasteiger charge is 2.21. The van der Waals surface area contributed by atoms with Crippen LogP contribution in [0.5, 0.6) is 0 Å². The molecule has 0 fully saturated rings. The van der Waals surface area contributed by atoms with Crippen LogP contribution in [0.3, 0.4) is 0 Å². The summed E-state index contributed by atoms with van der Waals surface area (Å²) in [5.41, 5.74) is 0. The molecule has 0 spiro atoms. The van der Waals surface area contributed by atoms with Crippen LogP contribution >= 0.6 is 0 Å². The molecule has 2 atom stereocenters. The Balaban J connectivity index is 4.32. The molecule has 0 saturated heterocycles. The van der Waals surface area contributed by atoms with E-state index in [1.807, 2.05) is 27.7 Å². The van der Waals surface area contributed by atoms with E-state index in [-0.39, 0.29) is 11.8 Å². The Kier molecular flexibility index (Phi) is 7.32. The van der Waals surface area contributed by atoms with E-state index in [2.05, 4.69) is 0 Å². The lowest BCUT2D eigenvalue weighted by Crippen LogP contribution is -2.19. The lowest BCUT2D eigenvalue weighted by atomic mass is 9.90. The van der Waals surface area contributed by atoms with Gasteiger partial charge >= 0.3 is 11.9 Å². The van der Waals surface area contributed by atoms with E-state index in [9.17, 15) is 9.59 Å². The van der Waals surface area contributed by atoms with Gasteiger partial charge in [0.05, 0.1) is 11.8 Å². The lowest BCUT2D eigenvalue weighted by molar-refractivity contribution is -0.144. The molecule has 0 aromatic carbocycles. The third kappa shape index (κ3) is 5.84. The molecule has 18 heavy (non-hydrogen) atoms. The van der Waals surface area contributed by atoms with Crippen molar-refractivity contribution in [3.05, 3.63) is 12.2 Å². The van der Waals surface area contributed by atoms with Gasteiger partial charge in [0.15, 0.2) is 0 Å². The Bertz CT molecular complexity index is 275. The van der Waals surface area contributed by atoms with Crippen LogP contribution < -0.4 is 0 Å². The van der Waals surface area contributed by atoms with Crippen molar-refractivity contribution in [2.24, 2.45) is 23.7 Å². The molecular weight excluding hydrogens is 232 g/mol. The fourth-order valence-electron chi connectivity index (χ4n) is 1.80. The van der Waals surface area contributed by atoms with Gasteiger partial charge in [0.2, 0.25) is 0 Å². The van der Waals surface area contributed by atoms with E-state index in [0.717, 1.165) is 0 Å². The van der Waals surface area contributed by atoms with Crippen molar-refractivity contribution in [1.29, 1.82) is 0 Å². The normalized spacial score (nSPS) is 15.2. The number of aliphatic carboxylic acids is 2. The summed E-state index contributed by atoms with van der Waals surface area (Å²) >= 11 is 0. The second-order valence-electron chi connectivity index (χ2n) is 5.32. The van der Waals surface area contributed by atoms with Gasteiger partial charge in [-0.25, -0.2) is 0 Å². The highest BCUT2D eigenvalue weighted by Crippen LogP contribution is 2.19.